The third kappa shape index (κ3) is 4.56. The lowest BCUT2D eigenvalue weighted by Crippen LogP contribution is -2.54. The number of nitrogens with zero attached hydrogens (tertiary/aromatic N) is 3. The van der Waals surface area contributed by atoms with Gasteiger partial charge in [-0.1, -0.05) is 34.6 Å². The minimum atomic E-state index is -1.77. The predicted molar refractivity (Wildman–Crippen MR) is 112 cm³/mol. The Balaban J connectivity index is 2.19. The highest BCUT2D eigenvalue weighted by Gasteiger charge is 2.43. The van der Waals surface area contributed by atoms with Crippen molar-refractivity contribution in [3.8, 4) is 0 Å². The van der Waals surface area contributed by atoms with Gasteiger partial charge in [0, 0.05) is 19.3 Å². The van der Waals surface area contributed by atoms with Gasteiger partial charge in [0.2, 0.25) is 0 Å². The van der Waals surface area contributed by atoms with Crippen LogP contribution in [-0.2, 0) is 4.43 Å². The van der Waals surface area contributed by atoms with E-state index in [1.165, 1.54) is 0 Å². The lowest BCUT2D eigenvalue weighted by molar-refractivity contribution is 0.0628. The second-order valence-electron chi connectivity index (χ2n) is 8.77. The molecule has 0 aromatic carbocycles. The van der Waals surface area contributed by atoms with Crippen molar-refractivity contribution in [2.24, 2.45) is 16.8 Å². The molecule has 3 atom stereocenters. The highest BCUT2D eigenvalue weighted by atomic mass is 32.1. The number of aliphatic imine (C=N–C) groups is 1. The molecule has 0 saturated carbocycles. The molecule has 0 amide bonds. The molecular formula is C19H31N3OSSi. The number of thiocarbonyl (C=S) groups is 1. The molecule has 0 aliphatic carbocycles. The Kier molecular flexibility index (Phi) is 6.20. The van der Waals surface area contributed by atoms with Crippen molar-refractivity contribution in [3.63, 3.8) is 0 Å². The molecule has 1 fully saturated rings. The van der Waals surface area contributed by atoms with Crippen LogP contribution < -0.4 is 4.90 Å². The summed E-state index contributed by atoms with van der Waals surface area (Å²) in [5.41, 5.74) is 1.87. The van der Waals surface area contributed by atoms with Crippen molar-refractivity contribution in [1.29, 1.82) is 0 Å². The summed E-state index contributed by atoms with van der Waals surface area (Å²) in [5, 5.41) is 2.70. The highest BCUT2D eigenvalue weighted by Crippen LogP contribution is 2.41. The summed E-state index contributed by atoms with van der Waals surface area (Å²) in [6.45, 7) is 18.1. The number of isothiocyanates is 1. The Morgan fingerprint density at radius 1 is 1.28 bits per heavy atom. The van der Waals surface area contributed by atoms with Crippen LogP contribution in [0.5, 0.6) is 0 Å². The number of piperidine rings is 1. The zero-order chi connectivity index (χ0) is 18.8. The average molecular weight is 378 g/mol. The van der Waals surface area contributed by atoms with Gasteiger partial charge in [-0.05, 0) is 48.3 Å². The third-order valence-corrected chi connectivity index (χ3v) is 10.2. The van der Waals surface area contributed by atoms with Crippen LogP contribution in [0.15, 0.2) is 23.5 Å². The van der Waals surface area contributed by atoms with E-state index in [2.05, 4.69) is 67.8 Å². The van der Waals surface area contributed by atoms with E-state index in [-0.39, 0.29) is 5.04 Å². The first-order valence-corrected chi connectivity index (χ1v) is 12.3. The standard InChI is InChI=1S/C19H31N3OSSi/c1-14-11-22(17-8-9-20-10-16(17)21-13-24)12-15(2)18(14)23-25(6,7)19(3,4)5/h8-10,14-15,18H,11-12H2,1-7H3/t14-,15+,18?. The van der Waals surface area contributed by atoms with Crippen molar-refractivity contribution < 1.29 is 4.43 Å². The van der Waals surface area contributed by atoms with Crippen LogP contribution in [0.3, 0.4) is 0 Å². The van der Waals surface area contributed by atoms with Gasteiger partial charge in [0.1, 0.15) is 5.69 Å². The lowest BCUT2D eigenvalue weighted by Gasteiger charge is -2.47. The van der Waals surface area contributed by atoms with Crippen molar-refractivity contribution in [3.05, 3.63) is 18.5 Å². The molecule has 0 radical (unpaired) electrons. The predicted octanol–water partition coefficient (Wildman–Crippen LogP) is 5.30. The Labute approximate surface area is 158 Å². The minimum absolute atomic E-state index is 0.232. The maximum absolute atomic E-state index is 6.78. The monoisotopic (exact) mass is 377 g/mol. The molecule has 1 aromatic heterocycles. The largest absolute Gasteiger partial charge is 0.413 e. The lowest BCUT2D eigenvalue weighted by atomic mass is 9.88. The van der Waals surface area contributed by atoms with E-state index in [1.807, 2.05) is 12.3 Å². The van der Waals surface area contributed by atoms with E-state index in [0.717, 1.165) is 24.5 Å². The van der Waals surface area contributed by atoms with Gasteiger partial charge in [0.05, 0.1) is 23.1 Å². The summed E-state index contributed by atoms with van der Waals surface area (Å²) in [4.78, 5) is 10.7. The maximum atomic E-state index is 6.78. The summed E-state index contributed by atoms with van der Waals surface area (Å²) in [6.07, 6.45) is 3.87. The van der Waals surface area contributed by atoms with Gasteiger partial charge in [0.15, 0.2) is 8.32 Å². The first-order chi connectivity index (χ1) is 11.6. The number of aromatic nitrogens is 1. The second-order valence-corrected chi connectivity index (χ2v) is 13.7. The van der Waals surface area contributed by atoms with Crippen molar-refractivity contribution >= 4 is 37.1 Å². The van der Waals surface area contributed by atoms with E-state index in [0.29, 0.717) is 17.9 Å². The number of pyridine rings is 1. The van der Waals surface area contributed by atoms with E-state index >= 15 is 0 Å². The molecule has 1 unspecified atom stereocenters. The summed E-state index contributed by atoms with van der Waals surface area (Å²) in [5.74, 6) is 0.908. The smallest absolute Gasteiger partial charge is 0.192 e. The van der Waals surface area contributed by atoms with Gasteiger partial charge < -0.3 is 9.33 Å². The maximum Gasteiger partial charge on any atom is 0.192 e. The fraction of sp³-hybridized carbons (Fsp3) is 0.684. The Bertz CT molecular complexity index is 640. The molecule has 0 spiro atoms. The van der Waals surface area contributed by atoms with E-state index in [4.69, 9.17) is 16.6 Å². The summed E-state index contributed by atoms with van der Waals surface area (Å²) < 4.78 is 6.78. The fourth-order valence-electron chi connectivity index (χ4n) is 3.27. The van der Waals surface area contributed by atoms with Crippen molar-refractivity contribution in [2.75, 3.05) is 18.0 Å². The molecule has 4 nitrogen and oxygen atoms in total. The molecule has 0 N–H and O–H groups in total. The molecule has 0 bridgehead atoms. The van der Waals surface area contributed by atoms with Gasteiger partial charge in [-0.25, -0.2) is 0 Å². The van der Waals surface area contributed by atoms with E-state index in [1.54, 1.807) is 6.20 Å². The molecule has 2 rings (SSSR count). The molecule has 25 heavy (non-hydrogen) atoms. The Hall–Kier alpha value is -1.07. The van der Waals surface area contributed by atoms with E-state index in [9.17, 15) is 0 Å². The normalized spacial score (nSPS) is 24.8. The van der Waals surface area contributed by atoms with Crippen LogP contribution >= 0.6 is 12.2 Å². The molecule has 2 heterocycles. The molecule has 1 aliphatic rings. The molecule has 1 aromatic rings. The number of rotatable bonds is 4. The Morgan fingerprint density at radius 3 is 2.40 bits per heavy atom. The number of hydrogen-bond acceptors (Lipinski definition) is 5. The van der Waals surface area contributed by atoms with Gasteiger partial charge in [-0.2, -0.15) is 4.99 Å². The summed E-state index contributed by atoms with van der Waals surface area (Å²) >= 11 is 4.78. The fourth-order valence-corrected chi connectivity index (χ4v) is 4.86. The van der Waals surface area contributed by atoms with Gasteiger partial charge in [0.25, 0.3) is 0 Å². The first kappa shape index (κ1) is 20.2. The van der Waals surface area contributed by atoms with Crippen LogP contribution in [0.4, 0.5) is 11.4 Å². The van der Waals surface area contributed by atoms with Crippen LogP contribution in [0.2, 0.25) is 18.1 Å². The topological polar surface area (TPSA) is 37.7 Å². The molecular weight excluding hydrogens is 346 g/mol. The first-order valence-electron chi connectivity index (χ1n) is 9.01. The van der Waals surface area contributed by atoms with E-state index < -0.39 is 8.32 Å². The van der Waals surface area contributed by atoms with Gasteiger partial charge in [-0.3, -0.25) is 4.98 Å². The van der Waals surface area contributed by atoms with Crippen molar-refractivity contribution in [2.45, 2.75) is 58.9 Å². The van der Waals surface area contributed by atoms with Crippen LogP contribution in [0.25, 0.3) is 0 Å². The molecule has 6 heteroatoms. The van der Waals surface area contributed by atoms with Crippen LogP contribution in [0, 0.1) is 11.8 Å². The number of hydrogen-bond donors (Lipinski definition) is 0. The average Bonchev–Trinajstić information content (AvgIpc) is 2.50. The third-order valence-electron chi connectivity index (χ3n) is 5.66. The van der Waals surface area contributed by atoms with Gasteiger partial charge in [-0.15, -0.1) is 0 Å². The zero-order valence-electron chi connectivity index (χ0n) is 16.5. The van der Waals surface area contributed by atoms with Gasteiger partial charge >= 0.3 is 0 Å². The number of anilines is 1. The molecule has 1 saturated heterocycles. The molecule has 138 valence electrons. The highest BCUT2D eigenvalue weighted by molar-refractivity contribution is 7.78. The van der Waals surface area contributed by atoms with Crippen LogP contribution in [0.1, 0.15) is 34.6 Å². The Morgan fingerprint density at radius 2 is 1.88 bits per heavy atom. The minimum Gasteiger partial charge on any atom is -0.413 e. The summed E-state index contributed by atoms with van der Waals surface area (Å²) in [6, 6.07) is 2.01. The summed E-state index contributed by atoms with van der Waals surface area (Å²) in [7, 11) is -1.77. The second kappa shape index (κ2) is 7.66. The SMILES string of the molecule is C[C@@H]1CN(c2ccncc2N=C=S)C[C@H](C)C1O[Si](C)(C)C(C)(C)C. The quantitative estimate of drug-likeness (QED) is 0.405. The van der Waals surface area contributed by atoms with Crippen LogP contribution in [-0.4, -0.2) is 37.7 Å². The van der Waals surface area contributed by atoms with Crippen molar-refractivity contribution in [1.82, 2.24) is 4.98 Å². The zero-order valence-corrected chi connectivity index (χ0v) is 18.4. The molecule has 1 aliphatic heterocycles.